The minimum absolute atomic E-state index is 0.143. The Labute approximate surface area is 149 Å². The van der Waals surface area contributed by atoms with Crippen LogP contribution in [0.3, 0.4) is 0 Å². The minimum Gasteiger partial charge on any atom is -0.388 e. The van der Waals surface area contributed by atoms with Gasteiger partial charge in [-0.2, -0.15) is 0 Å². The van der Waals surface area contributed by atoms with E-state index in [0.717, 1.165) is 56.9 Å². The first-order valence-electron chi connectivity index (χ1n) is 9.43. The average molecular weight is 344 g/mol. The van der Waals surface area contributed by atoms with Crippen molar-refractivity contribution < 1.29 is 14.7 Å². The quantitative estimate of drug-likeness (QED) is 0.742. The van der Waals surface area contributed by atoms with Crippen LogP contribution in [0, 0.1) is 5.92 Å². The molecule has 0 aromatic heterocycles. The van der Waals surface area contributed by atoms with E-state index in [4.69, 9.17) is 0 Å². The highest BCUT2D eigenvalue weighted by atomic mass is 16.3. The van der Waals surface area contributed by atoms with Gasteiger partial charge in [-0.3, -0.25) is 9.59 Å². The van der Waals surface area contributed by atoms with E-state index in [1.807, 2.05) is 12.1 Å². The molecule has 25 heavy (non-hydrogen) atoms. The summed E-state index contributed by atoms with van der Waals surface area (Å²) in [6, 6.07) is 7.28. The van der Waals surface area contributed by atoms with Gasteiger partial charge in [0.05, 0.1) is 5.60 Å². The van der Waals surface area contributed by atoms with Gasteiger partial charge in [0, 0.05) is 24.6 Å². The highest BCUT2D eigenvalue weighted by Crippen LogP contribution is 2.28. The SMILES string of the molecule is O=C(NCC1(O)CCCC1)c1ccc(CNC(=O)C2CCCC2)cc1. The van der Waals surface area contributed by atoms with Gasteiger partial charge in [0.15, 0.2) is 0 Å². The molecule has 2 fully saturated rings. The molecule has 1 aromatic carbocycles. The molecule has 2 aliphatic carbocycles. The van der Waals surface area contributed by atoms with Crippen molar-refractivity contribution in [1.82, 2.24) is 10.6 Å². The molecule has 0 atom stereocenters. The van der Waals surface area contributed by atoms with E-state index >= 15 is 0 Å². The van der Waals surface area contributed by atoms with Gasteiger partial charge in [0.2, 0.25) is 5.91 Å². The molecule has 0 radical (unpaired) electrons. The molecule has 0 unspecified atom stereocenters. The lowest BCUT2D eigenvalue weighted by molar-refractivity contribution is -0.124. The molecule has 2 saturated carbocycles. The Balaban J connectivity index is 1.46. The monoisotopic (exact) mass is 344 g/mol. The predicted molar refractivity (Wildman–Crippen MR) is 96.0 cm³/mol. The lowest BCUT2D eigenvalue weighted by atomic mass is 10.0. The fourth-order valence-corrected chi connectivity index (χ4v) is 3.85. The fraction of sp³-hybridized carbons (Fsp3) is 0.600. The van der Waals surface area contributed by atoms with E-state index < -0.39 is 5.60 Å². The van der Waals surface area contributed by atoms with Crippen LogP contribution in [-0.4, -0.2) is 29.1 Å². The number of benzene rings is 1. The topological polar surface area (TPSA) is 78.4 Å². The third-order valence-corrected chi connectivity index (χ3v) is 5.52. The summed E-state index contributed by atoms with van der Waals surface area (Å²) in [5.41, 5.74) is 0.824. The third kappa shape index (κ3) is 4.82. The van der Waals surface area contributed by atoms with Crippen molar-refractivity contribution in [2.45, 2.75) is 63.5 Å². The average Bonchev–Trinajstić information content (AvgIpc) is 3.30. The summed E-state index contributed by atoms with van der Waals surface area (Å²) >= 11 is 0. The Bertz CT molecular complexity index is 600. The van der Waals surface area contributed by atoms with Crippen molar-refractivity contribution >= 4 is 11.8 Å². The molecule has 1 aromatic rings. The number of hydrogen-bond donors (Lipinski definition) is 3. The molecule has 0 heterocycles. The maximum Gasteiger partial charge on any atom is 0.251 e. The van der Waals surface area contributed by atoms with Gasteiger partial charge >= 0.3 is 0 Å². The predicted octanol–water partition coefficient (Wildman–Crippen LogP) is 2.53. The molecular formula is C20H28N2O3. The van der Waals surface area contributed by atoms with Crippen LogP contribution in [0.25, 0.3) is 0 Å². The van der Waals surface area contributed by atoms with Gasteiger partial charge < -0.3 is 15.7 Å². The molecule has 5 heteroatoms. The van der Waals surface area contributed by atoms with Gasteiger partial charge in [0.25, 0.3) is 5.91 Å². The van der Waals surface area contributed by atoms with E-state index in [-0.39, 0.29) is 17.7 Å². The van der Waals surface area contributed by atoms with E-state index in [1.54, 1.807) is 12.1 Å². The lowest BCUT2D eigenvalue weighted by Crippen LogP contribution is -2.40. The normalized spacial score (nSPS) is 19.7. The Hall–Kier alpha value is -1.88. The lowest BCUT2D eigenvalue weighted by Gasteiger charge is -2.22. The molecule has 3 N–H and O–H groups in total. The van der Waals surface area contributed by atoms with Crippen LogP contribution in [0.4, 0.5) is 0 Å². The standard InChI is InChI=1S/C20H28N2O3/c23-18(16-5-1-2-6-16)21-13-15-7-9-17(10-8-15)19(24)22-14-20(25)11-3-4-12-20/h7-10,16,25H,1-6,11-14H2,(H,21,23)(H,22,24). The van der Waals surface area contributed by atoms with Crippen molar-refractivity contribution in [2.75, 3.05) is 6.54 Å². The van der Waals surface area contributed by atoms with Crippen molar-refractivity contribution in [3.8, 4) is 0 Å². The summed E-state index contributed by atoms with van der Waals surface area (Å²) in [4.78, 5) is 24.2. The van der Waals surface area contributed by atoms with Gasteiger partial charge in [-0.1, -0.05) is 37.8 Å². The molecule has 2 aliphatic rings. The maximum atomic E-state index is 12.2. The van der Waals surface area contributed by atoms with Gasteiger partial charge in [-0.05, 0) is 43.4 Å². The zero-order valence-corrected chi connectivity index (χ0v) is 14.7. The van der Waals surface area contributed by atoms with Crippen LogP contribution in [-0.2, 0) is 11.3 Å². The van der Waals surface area contributed by atoms with Crippen molar-refractivity contribution in [3.05, 3.63) is 35.4 Å². The van der Waals surface area contributed by atoms with E-state index in [1.165, 1.54) is 0 Å². The summed E-state index contributed by atoms with van der Waals surface area (Å²) in [7, 11) is 0. The second kappa shape index (κ2) is 8.00. The summed E-state index contributed by atoms with van der Waals surface area (Å²) in [5.74, 6) is 0.150. The van der Waals surface area contributed by atoms with Crippen LogP contribution in [0.1, 0.15) is 67.3 Å². The summed E-state index contributed by atoms with van der Waals surface area (Å²) in [6.07, 6.45) is 7.85. The number of carbonyl (C=O) groups is 2. The smallest absolute Gasteiger partial charge is 0.251 e. The number of aliphatic hydroxyl groups is 1. The molecule has 3 rings (SSSR count). The van der Waals surface area contributed by atoms with Gasteiger partial charge in [0.1, 0.15) is 0 Å². The number of carbonyl (C=O) groups excluding carboxylic acids is 2. The number of hydrogen-bond acceptors (Lipinski definition) is 3. The maximum absolute atomic E-state index is 12.2. The van der Waals surface area contributed by atoms with Gasteiger partial charge in [-0.25, -0.2) is 0 Å². The van der Waals surface area contributed by atoms with Crippen LogP contribution in [0.5, 0.6) is 0 Å². The first kappa shape index (κ1) is 17.9. The molecule has 0 bridgehead atoms. The molecule has 5 nitrogen and oxygen atoms in total. The summed E-state index contributed by atoms with van der Waals surface area (Å²) < 4.78 is 0. The number of nitrogens with one attached hydrogen (secondary N) is 2. The Morgan fingerprint density at radius 1 is 1.00 bits per heavy atom. The number of amides is 2. The molecule has 2 amide bonds. The largest absolute Gasteiger partial charge is 0.388 e. The van der Waals surface area contributed by atoms with Crippen LogP contribution < -0.4 is 10.6 Å². The zero-order valence-electron chi connectivity index (χ0n) is 14.7. The van der Waals surface area contributed by atoms with Crippen LogP contribution >= 0.6 is 0 Å². The van der Waals surface area contributed by atoms with E-state index in [0.29, 0.717) is 18.7 Å². The number of rotatable bonds is 6. The minimum atomic E-state index is -0.736. The Morgan fingerprint density at radius 2 is 1.64 bits per heavy atom. The van der Waals surface area contributed by atoms with Crippen LogP contribution in [0.2, 0.25) is 0 Å². The molecule has 136 valence electrons. The molecule has 0 spiro atoms. The molecular weight excluding hydrogens is 316 g/mol. The summed E-state index contributed by atoms with van der Waals surface area (Å²) in [5, 5.41) is 16.1. The van der Waals surface area contributed by atoms with Crippen molar-refractivity contribution in [3.63, 3.8) is 0 Å². The Morgan fingerprint density at radius 3 is 2.28 bits per heavy atom. The Kier molecular flexibility index (Phi) is 5.74. The highest BCUT2D eigenvalue weighted by molar-refractivity contribution is 5.94. The fourth-order valence-electron chi connectivity index (χ4n) is 3.85. The molecule has 0 aliphatic heterocycles. The summed E-state index contributed by atoms with van der Waals surface area (Å²) in [6.45, 7) is 0.808. The van der Waals surface area contributed by atoms with Crippen molar-refractivity contribution in [2.24, 2.45) is 5.92 Å². The second-order valence-corrected chi connectivity index (χ2v) is 7.51. The third-order valence-electron chi connectivity index (χ3n) is 5.52. The molecule has 0 saturated heterocycles. The second-order valence-electron chi connectivity index (χ2n) is 7.51. The van der Waals surface area contributed by atoms with Crippen molar-refractivity contribution in [1.29, 1.82) is 0 Å². The zero-order chi connectivity index (χ0) is 17.7. The highest BCUT2D eigenvalue weighted by Gasteiger charge is 2.31. The van der Waals surface area contributed by atoms with E-state index in [2.05, 4.69) is 10.6 Å². The first-order valence-corrected chi connectivity index (χ1v) is 9.43. The van der Waals surface area contributed by atoms with Crippen LogP contribution in [0.15, 0.2) is 24.3 Å². The van der Waals surface area contributed by atoms with E-state index in [9.17, 15) is 14.7 Å². The van der Waals surface area contributed by atoms with Gasteiger partial charge in [-0.15, -0.1) is 0 Å². The first-order chi connectivity index (χ1) is 12.1.